The Morgan fingerprint density at radius 2 is 2.14 bits per heavy atom. The van der Waals surface area contributed by atoms with Crippen LogP contribution < -0.4 is 10.6 Å². The number of aromatic nitrogens is 3. The second-order valence-corrected chi connectivity index (χ2v) is 7.16. The normalized spacial score (nSPS) is 12.4. The number of nitrogens with one attached hydrogen (secondary N) is 2. The summed E-state index contributed by atoms with van der Waals surface area (Å²) in [6.45, 7) is 9.73. The summed E-state index contributed by atoms with van der Waals surface area (Å²) >= 11 is 1.66. The lowest BCUT2D eigenvalue weighted by atomic mass is 10.2. The van der Waals surface area contributed by atoms with Crippen molar-refractivity contribution in [1.82, 2.24) is 20.1 Å². The number of aryl methyl sites for hydroxylation is 1. The zero-order valence-corrected chi connectivity index (χ0v) is 14.3. The minimum atomic E-state index is -0.218. The van der Waals surface area contributed by atoms with Gasteiger partial charge >= 0.3 is 6.03 Å². The zero-order chi connectivity index (χ0) is 16.1. The molecule has 0 spiro atoms. The van der Waals surface area contributed by atoms with Gasteiger partial charge in [-0.3, -0.25) is 4.68 Å². The molecule has 0 aromatic carbocycles. The Bertz CT molecular complexity index is 619. The van der Waals surface area contributed by atoms with E-state index in [0.29, 0.717) is 18.2 Å². The summed E-state index contributed by atoms with van der Waals surface area (Å²) in [7, 11) is 0. The van der Waals surface area contributed by atoms with E-state index in [1.807, 2.05) is 24.0 Å². The Morgan fingerprint density at radius 3 is 2.77 bits per heavy atom. The Balaban J connectivity index is 1.79. The number of nitrogens with zero attached hydrogens (tertiary/aromatic N) is 3. The monoisotopic (exact) mass is 321 g/mol. The largest absolute Gasteiger partial charge is 0.337 e. The van der Waals surface area contributed by atoms with E-state index in [2.05, 4.69) is 41.5 Å². The van der Waals surface area contributed by atoms with Gasteiger partial charge in [-0.15, -0.1) is 11.3 Å². The van der Waals surface area contributed by atoms with Crippen LogP contribution in [0.2, 0.25) is 0 Å². The fraction of sp³-hybridized carbons (Fsp3) is 0.533. The van der Waals surface area contributed by atoms with Crippen LogP contribution in [0, 0.1) is 12.8 Å². The van der Waals surface area contributed by atoms with Crippen LogP contribution in [0.1, 0.15) is 36.6 Å². The molecule has 7 heteroatoms. The van der Waals surface area contributed by atoms with E-state index >= 15 is 0 Å². The molecule has 0 aliphatic carbocycles. The van der Waals surface area contributed by atoms with Crippen molar-refractivity contribution in [3.05, 3.63) is 28.5 Å². The average Bonchev–Trinajstić information content (AvgIpc) is 3.05. The topological polar surface area (TPSA) is 71.8 Å². The van der Waals surface area contributed by atoms with E-state index in [1.54, 1.807) is 17.5 Å². The molecule has 1 unspecified atom stereocenters. The second kappa shape index (κ2) is 7.40. The highest BCUT2D eigenvalue weighted by Gasteiger charge is 2.11. The van der Waals surface area contributed by atoms with Crippen molar-refractivity contribution in [1.29, 1.82) is 0 Å². The summed E-state index contributed by atoms with van der Waals surface area (Å²) < 4.78 is 1.83. The molecular weight excluding hydrogens is 298 g/mol. The number of anilines is 1. The molecule has 2 aromatic rings. The van der Waals surface area contributed by atoms with Crippen LogP contribution in [0.15, 0.2) is 18.6 Å². The standard InChI is InChI=1S/C15H23N5OS/c1-10(2)8-20-9-13(7-18-20)19-15(21)17-5-11(3)14-16-6-12(4)22-14/h6-7,9-11H,5,8H2,1-4H3,(H2,17,19,21). The van der Waals surface area contributed by atoms with Gasteiger partial charge in [-0.25, -0.2) is 9.78 Å². The third kappa shape index (κ3) is 4.84. The minimum absolute atomic E-state index is 0.202. The lowest BCUT2D eigenvalue weighted by Crippen LogP contribution is -2.31. The molecule has 0 aliphatic rings. The highest BCUT2D eigenvalue weighted by atomic mass is 32.1. The molecule has 2 N–H and O–H groups in total. The minimum Gasteiger partial charge on any atom is -0.337 e. The summed E-state index contributed by atoms with van der Waals surface area (Å²) in [5.74, 6) is 0.720. The molecule has 2 aromatic heterocycles. The Morgan fingerprint density at radius 1 is 1.36 bits per heavy atom. The zero-order valence-electron chi connectivity index (χ0n) is 13.5. The van der Waals surface area contributed by atoms with E-state index in [9.17, 15) is 4.79 Å². The van der Waals surface area contributed by atoms with E-state index < -0.39 is 0 Å². The van der Waals surface area contributed by atoms with E-state index in [1.165, 1.54) is 4.88 Å². The number of hydrogen-bond donors (Lipinski definition) is 2. The van der Waals surface area contributed by atoms with Crippen LogP contribution in [-0.4, -0.2) is 27.3 Å². The van der Waals surface area contributed by atoms with Crippen LogP contribution in [0.4, 0.5) is 10.5 Å². The van der Waals surface area contributed by atoms with Gasteiger partial charge in [0.2, 0.25) is 0 Å². The summed E-state index contributed by atoms with van der Waals surface area (Å²) in [5, 5.41) is 10.9. The Hall–Kier alpha value is -1.89. The maximum Gasteiger partial charge on any atom is 0.319 e. The van der Waals surface area contributed by atoms with Crippen LogP contribution in [-0.2, 0) is 6.54 Å². The Labute approximate surface area is 135 Å². The molecule has 0 aliphatic heterocycles. The van der Waals surface area contributed by atoms with Gasteiger partial charge in [-0.05, 0) is 12.8 Å². The molecule has 0 saturated heterocycles. The number of rotatable bonds is 6. The van der Waals surface area contributed by atoms with E-state index in [0.717, 1.165) is 11.6 Å². The molecule has 22 heavy (non-hydrogen) atoms. The molecule has 0 bridgehead atoms. The molecule has 1 atom stereocenters. The van der Waals surface area contributed by atoms with Gasteiger partial charge in [0.25, 0.3) is 0 Å². The first-order chi connectivity index (χ1) is 10.4. The van der Waals surface area contributed by atoms with Gasteiger partial charge < -0.3 is 10.6 Å². The molecule has 0 radical (unpaired) electrons. The van der Waals surface area contributed by atoms with Crippen molar-refractivity contribution in [2.75, 3.05) is 11.9 Å². The molecule has 2 heterocycles. The average molecular weight is 321 g/mol. The first-order valence-electron chi connectivity index (χ1n) is 7.43. The highest BCUT2D eigenvalue weighted by Crippen LogP contribution is 2.20. The van der Waals surface area contributed by atoms with Crippen molar-refractivity contribution >= 4 is 23.1 Å². The van der Waals surface area contributed by atoms with Crippen molar-refractivity contribution in [3.63, 3.8) is 0 Å². The van der Waals surface area contributed by atoms with Crippen LogP contribution >= 0.6 is 11.3 Å². The van der Waals surface area contributed by atoms with Gasteiger partial charge in [-0.1, -0.05) is 20.8 Å². The second-order valence-electron chi connectivity index (χ2n) is 5.89. The summed E-state index contributed by atoms with van der Waals surface area (Å²) in [6.07, 6.45) is 5.36. The maximum atomic E-state index is 11.9. The van der Waals surface area contributed by atoms with Gasteiger partial charge in [0.05, 0.1) is 16.9 Å². The number of hydrogen-bond acceptors (Lipinski definition) is 4. The first kappa shape index (κ1) is 16.5. The van der Waals surface area contributed by atoms with Crippen molar-refractivity contribution in [2.24, 2.45) is 5.92 Å². The number of carbonyl (C=O) groups is 1. The molecule has 2 amide bonds. The van der Waals surface area contributed by atoms with E-state index in [4.69, 9.17) is 0 Å². The highest BCUT2D eigenvalue weighted by molar-refractivity contribution is 7.11. The van der Waals surface area contributed by atoms with Crippen LogP contribution in [0.5, 0.6) is 0 Å². The molecule has 120 valence electrons. The predicted octanol–water partition coefficient (Wildman–Crippen LogP) is 3.23. The fourth-order valence-electron chi connectivity index (χ4n) is 2.01. The Kier molecular flexibility index (Phi) is 5.54. The van der Waals surface area contributed by atoms with Gasteiger partial charge in [-0.2, -0.15) is 5.10 Å². The maximum absolute atomic E-state index is 11.9. The third-order valence-electron chi connectivity index (χ3n) is 3.07. The van der Waals surface area contributed by atoms with Crippen LogP contribution in [0.25, 0.3) is 0 Å². The van der Waals surface area contributed by atoms with Crippen molar-refractivity contribution in [2.45, 2.75) is 40.2 Å². The number of thiazole rings is 1. The van der Waals surface area contributed by atoms with Gasteiger partial charge in [0.15, 0.2) is 0 Å². The quantitative estimate of drug-likeness (QED) is 0.858. The summed E-state index contributed by atoms with van der Waals surface area (Å²) in [5.41, 5.74) is 0.705. The summed E-state index contributed by atoms with van der Waals surface area (Å²) in [6, 6.07) is -0.218. The van der Waals surface area contributed by atoms with Gasteiger partial charge in [0, 0.05) is 36.3 Å². The molecule has 0 fully saturated rings. The first-order valence-corrected chi connectivity index (χ1v) is 8.25. The molecule has 6 nitrogen and oxygen atoms in total. The van der Waals surface area contributed by atoms with Gasteiger partial charge in [0.1, 0.15) is 0 Å². The van der Waals surface area contributed by atoms with Crippen LogP contribution in [0.3, 0.4) is 0 Å². The third-order valence-corrected chi connectivity index (χ3v) is 4.22. The number of amides is 2. The summed E-state index contributed by atoms with van der Waals surface area (Å²) in [4.78, 5) is 17.4. The number of urea groups is 1. The lowest BCUT2D eigenvalue weighted by Gasteiger charge is -2.10. The fourth-order valence-corrected chi connectivity index (χ4v) is 2.84. The van der Waals surface area contributed by atoms with Crippen molar-refractivity contribution < 1.29 is 4.79 Å². The molecule has 0 saturated carbocycles. The van der Waals surface area contributed by atoms with Crippen molar-refractivity contribution in [3.8, 4) is 0 Å². The number of carbonyl (C=O) groups excluding carboxylic acids is 1. The molecule has 2 rings (SSSR count). The lowest BCUT2D eigenvalue weighted by molar-refractivity contribution is 0.251. The SMILES string of the molecule is Cc1cnc(C(C)CNC(=O)Nc2cnn(CC(C)C)c2)s1. The smallest absolute Gasteiger partial charge is 0.319 e. The predicted molar refractivity (Wildman–Crippen MR) is 89.4 cm³/mol. The molecular formula is C15H23N5OS. The van der Waals surface area contributed by atoms with E-state index in [-0.39, 0.29) is 11.9 Å².